The summed E-state index contributed by atoms with van der Waals surface area (Å²) in [7, 11) is 1.60. The number of hydrogen-bond acceptors (Lipinski definition) is 3. The summed E-state index contributed by atoms with van der Waals surface area (Å²) in [5.41, 5.74) is -0.133. The van der Waals surface area contributed by atoms with E-state index in [1.165, 1.54) is 6.07 Å². The molecule has 0 aliphatic rings. The van der Waals surface area contributed by atoms with Crippen LogP contribution in [0.25, 0.3) is 0 Å². The zero-order valence-electron chi connectivity index (χ0n) is 11.7. The van der Waals surface area contributed by atoms with E-state index in [-0.39, 0.29) is 19.0 Å². The lowest BCUT2D eigenvalue weighted by Gasteiger charge is -2.20. The van der Waals surface area contributed by atoms with Gasteiger partial charge < -0.3 is 27.2 Å². The van der Waals surface area contributed by atoms with Gasteiger partial charge in [0.25, 0.3) is 0 Å². The standard InChI is InChI=1S/C13H19BF3O3/c1-11-4-5-13(12(10-11)14(15,16)17)20-9-8-19-7-3-6-18-2/h4-5,10H,3,6-9H2,1-2H3/q-1. The highest BCUT2D eigenvalue weighted by Gasteiger charge is 2.29. The van der Waals surface area contributed by atoms with Crippen molar-refractivity contribution >= 4 is 12.4 Å². The molecule has 0 atom stereocenters. The highest BCUT2D eigenvalue weighted by Crippen LogP contribution is 2.19. The fourth-order valence-corrected chi connectivity index (χ4v) is 1.67. The third-order valence-electron chi connectivity index (χ3n) is 2.64. The van der Waals surface area contributed by atoms with Crippen LogP contribution >= 0.6 is 0 Å². The SMILES string of the molecule is COCCCOCCOc1ccc(C)cc1[B-](F)(F)F. The van der Waals surface area contributed by atoms with Gasteiger partial charge in [-0.15, -0.1) is 0 Å². The Balaban J connectivity index is 2.44. The van der Waals surface area contributed by atoms with Crippen LogP contribution in [0.4, 0.5) is 12.9 Å². The molecule has 7 heteroatoms. The van der Waals surface area contributed by atoms with Gasteiger partial charge in [0.05, 0.1) is 12.4 Å². The van der Waals surface area contributed by atoms with Gasteiger partial charge in [0.2, 0.25) is 0 Å². The van der Waals surface area contributed by atoms with E-state index in [0.717, 1.165) is 12.5 Å². The zero-order chi connectivity index (χ0) is 15.0. The predicted octanol–water partition coefficient (Wildman–Crippen LogP) is 2.48. The van der Waals surface area contributed by atoms with Crippen LogP contribution in [0.3, 0.4) is 0 Å². The van der Waals surface area contributed by atoms with Crippen molar-refractivity contribution < 1.29 is 27.2 Å². The summed E-state index contributed by atoms with van der Waals surface area (Å²) in [4.78, 5) is 0. The molecule has 1 aromatic carbocycles. The fourth-order valence-electron chi connectivity index (χ4n) is 1.67. The smallest absolute Gasteiger partial charge is 0.494 e. The van der Waals surface area contributed by atoms with Crippen LogP contribution in [0.1, 0.15) is 12.0 Å². The lowest BCUT2D eigenvalue weighted by atomic mass is 9.78. The summed E-state index contributed by atoms with van der Waals surface area (Å²) in [6.07, 6.45) is 0.748. The van der Waals surface area contributed by atoms with E-state index in [0.29, 0.717) is 18.8 Å². The molecule has 0 heterocycles. The van der Waals surface area contributed by atoms with E-state index in [1.54, 1.807) is 20.1 Å². The van der Waals surface area contributed by atoms with Gasteiger partial charge in [0, 0.05) is 20.3 Å². The summed E-state index contributed by atoms with van der Waals surface area (Å²) in [5.74, 6) is -0.136. The Kier molecular flexibility index (Phi) is 6.88. The summed E-state index contributed by atoms with van der Waals surface area (Å²) in [6, 6.07) is 4.06. The lowest BCUT2D eigenvalue weighted by Crippen LogP contribution is -2.35. The topological polar surface area (TPSA) is 27.7 Å². The van der Waals surface area contributed by atoms with Gasteiger partial charge in [-0.3, -0.25) is 0 Å². The predicted molar refractivity (Wildman–Crippen MR) is 72.7 cm³/mol. The van der Waals surface area contributed by atoms with Crippen molar-refractivity contribution in [3.8, 4) is 5.75 Å². The van der Waals surface area contributed by atoms with E-state index >= 15 is 0 Å². The normalized spacial score (nSPS) is 11.7. The monoisotopic (exact) mass is 291 g/mol. The van der Waals surface area contributed by atoms with Gasteiger partial charge in [0.1, 0.15) is 6.61 Å². The molecule has 0 radical (unpaired) electrons. The van der Waals surface area contributed by atoms with Gasteiger partial charge >= 0.3 is 6.98 Å². The number of halogens is 3. The molecule has 0 amide bonds. The van der Waals surface area contributed by atoms with Crippen LogP contribution in [-0.4, -0.2) is 40.5 Å². The van der Waals surface area contributed by atoms with E-state index < -0.39 is 12.4 Å². The number of benzene rings is 1. The van der Waals surface area contributed by atoms with Crippen LogP contribution in [0.15, 0.2) is 18.2 Å². The maximum absolute atomic E-state index is 12.9. The molecule has 0 N–H and O–H groups in total. The first-order valence-electron chi connectivity index (χ1n) is 6.45. The molecule has 0 saturated heterocycles. The molecule has 0 aliphatic carbocycles. The Labute approximate surface area is 117 Å². The van der Waals surface area contributed by atoms with Gasteiger partial charge in [-0.25, -0.2) is 0 Å². The van der Waals surface area contributed by atoms with E-state index in [9.17, 15) is 12.9 Å². The molecule has 114 valence electrons. The third-order valence-corrected chi connectivity index (χ3v) is 2.64. The molecular weight excluding hydrogens is 272 g/mol. The molecule has 1 rings (SSSR count). The minimum absolute atomic E-state index is 0.0925. The summed E-state index contributed by atoms with van der Waals surface area (Å²) in [6.45, 7) is -2.01. The average molecular weight is 291 g/mol. The highest BCUT2D eigenvalue weighted by atomic mass is 19.4. The Bertz CT molecular complexity index is 410. The first-order chi connectivity index (χ1) is 9.45. The first-order valence-corrected chi connectivity index (χ1v) is 6.45. The number of methoxy groups -OCH3 is 1. The molecule has 0 saturated carbocycles. The van der Waals surface area contributed by atoms with Crippen molar-refractivity contribution in [2.24, 2.45) is 0 Å². The van der Waals surface area contributed by atoms with Crippen LogP contribution < -0.4 is 10.2 Å². The second kappa shape index (κ2) is 8.16. The molecule has 1 aromatic rings. The minimum atomic E-state index is -5.07. The minimum Gasteiger partial charge on any atom is -0.494 e. The van der Waals surface area contributed by atoms with Crippen molar-refractivity contribution in [1.82, 2.24) is 0 Å². The van der Waals surface area contributed by atoms with Crippen LogP contribution in [0, 0.1) is 6.92 Å². The molecule has 0 unspecified atom stereocenters. The Hall–Kier alpha value is -1.21. The van der Waals surface area contributed by atoms with Crippen LogP contribution in [0.2, 0.25) is 0 Å². The molecule has 0 fully saturated rings. The largest absolute Gasteiger partial charge is 0.513 e. The molecule has 0 spiro atoms. The molecule has 0 aliphatic heterocycles. The summed E-state index contributed by atoms with van der Waals surface area (Å²) >= 11 is 0. The van der Waals surface area contributed by atoms with Crippen LogP contribution in [-0.2, 0) is 9.47 Å². The number of hydrogen-bond donors (Lipinski definition) is 0. The van der Waals surface area contributed by atoms with E-state index in [2.05, 4.69) is 0 Å². The molecule has 0 aromatic heterocycles. The second-order valence-corrected chi connectivity index (χ2v) is 4.42. The van der Waals surface area contributed by atoms with E-state index in [1.807, 2.05) is 0 Å². The maximum atomic E-state index is 12.9. The first kappa shape index (κ1) is 16.8. The maximum Gasteiger partial charge on any atom is 0.513 e. The fraction of sp³-hybridized carbons (Fsp3) is 0.538. The lowest BCUT2D eigenvalue weighted by molar-refractivity contribution is 0.0808. The van der Waals surface area contributed by atoms with Crippen molar-refractivity contribution in [1.29, 1.82) is 0 Å². The van der Waals surface area contributed by atoms with Crippen molar-refractivity contribution in [3.05, 3.63) is 23.8 Å². The van der Waals surface area contributed by atoms with Gasteiger partial charge in [0.15, 0.2) is 0 Å². The Morgan fingerprint density at radius 3 is 2.45 bits per heavy atom. The molecular formula is C13H19BF3O3-. The molecule has 20 heavy (non-hydrogen) atoms. The van der Waals surface area contributed by atoms with Gasteiger partial charge in [-0.2, -0.15) is 0 Å². The average Bonchev–Trinajstić information content (AvgIpc) is 2.38. The van der Waals surface area contributed by atoms with Gasteiger partial charge in [-0.1, -0.05) is 23.2 Å². The Morgan fingerprint density at radius 2 is 1.80 bits per heavy atom. The van der Waals surface area contributed by atoms with Crippen LogP contribution in [0.5, 0.6) is 5.75 Å². The summed E-state index contributed by atoms with van der Waals surface area (Å²) < 4.78 is 53.9. The number of rotatable bonds is 9. The van der Waals surface area contributed by atoms with E-state index in [4.69, 9.17) is 14.2 Å². The van der Waals surface area contributed by atoms with Crippen molar-refractivity contribution in [3.63, 3.8) is 0 Å². The number of aryl methyl sites for hydroxylation is 1. The van der Waals surface area contributed by atoms with Crippen molar-refractivity contribution in [2.45, 2.75) is 13.3 Å². The molecule has 0 bridgehead atoms. The van der Waals surface area contributed by atoms with Gasteiger partial charge in [-0.05, 0) is 19.4 Å². The Morgan fingerprint density at radius 1 is 1.05 bits per heavy atom. The van der Waals surface area contributed by atoms with Crippen molar-refractivity contribution in [2.75, 3.05) is 33.5 Å². The quantitative estimate of drug-likeness (QED) is 0.517. The molecule has 3 nitrogen and oxygen atoms in total. The second-order valence-electron chi connectivity index (χ2n) is 4.42. The zero-order valence-corrected chi connectivity index (χ0v) is 11.7. The highest BCUT2D eigenvalue weighted by molar-refractivity contribution is 6.74. The third kappa shape index (κ3) is 5.84. The number of ether oxygens (including phenoxy) is 3. The summed E-state index contributed by atoms with van der Waals surface area (Å²) in [5, 5.41) is 0.